The number of halogens is 1. The van der Waals surface area contributed by atoms with E-state index in [0.717, 1.165) is 29.2 Å². The molecule has 0 unspecified atom stereocenters. The zero-order valence-electron chi connectivity index (χ0n) is 17.6. The largest absolute Gasteiger partial charge is 0.369 e. The lowest BCUT2D eigenvalue weighted by atomic mass is 10.2. The minimum absolute atomic E-state index is 0.0505. The molecular formula is C21H22FN5O4S. The molecule has 4 rings (SSSR count). The first-order chi connectivity index (χ1) is 15.2. The van der Waals surface area contributed by atoms with Gasteiger partial charge >= 0.3 is 0 Å². The minimum Gasteiger partial charge on any atom is -0.369 e. The maximum Gasteiger partial charge on any atom is 0.295 e. The standard InChI is InChI=1S/C21H22FN5O4S/c1-15-13-16(2)26(23-15)21-14-18(5-8-20(21)27(28)29)24-9-11-25(12-10-24)32(30,31)19-6-3-17(22)4-7-19/h3-8,13-14H,9-12H2,1-2H3. The molecule has 0 saturated carbocycles. The van der Waals surface area contributed by atoms with Crippen molar-refractivity contribution >= 4 is 21.4 Å². The molecule has 1 aliphatic heterocycles. The Morgan fingerprint density at radius 2 is 1.66 bits per heavy atom. The van der Waals surface area contributed by atoms with Crippen LogP contribution in [0.5, 0.6) is 0 Å². The zero-order valence-corrected chi connectivity index (χ0v) is 18.4. The maximum absolute atomic E-state index is 13.2. The van der Waals surface area contributed by atoms with Crippen molar-refractivity contribution in [1.29, 1.82) is 0 Å². The summed E-state index contributed by atoms with van der Waals surface area (Å²) in [5.41, 5.74) is 2.58. The van der Waals surface area contributed by atoms with E-state index in [1.54, 1.807) is 16.8 Å². The van der Waals surface area contributed by atoms with Crippen LogP contribution >= 0.6 is 0 Å². The lowest BCUT2D eigenvalue weighted by Gasteiger charge is -2.35. The third kappa shape index (κ3) is 4.08. The van der Waals surface area contributed by atoms with E-state index in [2.05, 4.69) is 5.10 Å². The van der Waals surface area contributed by atoms with E-state index in [-0.39, 0.29) is 23.7 Å². The van der Waals surface area contributed by atoms with Gasteiger partial charge in [0.05, 0.1) is 15.5 Å². The second-order valence-corrected chi connectivity index (χ2v) is 9.55. The van der Waals surface area contributed by atoms with Crippen LogP contribution < -0.4 is 4.90 Å². The summed E-state index contributed by atoms with van der Waals surface area (Å²) in [5.74, 6) is -0.495. The maximum atomic E-state index is 13.2. The molecule has 2 heterocycles. The number of piperazine rings is 1. The Labute approximate surface area is 184 Å². The summed E-state index contributed by atoms with van der Waals surface area (Å²) < 4.78 is 41.7. The van der Waals surface area contributed by atoms with Gasteiger partial charge in [0, 0.05) is 43.6 Å². The monoisotopic (exact) mass is 459 g/mol. The van der Waals surface area contributed by atoms with Gasteiger partial charge in [-0.25, -0.2) is 17.5 Å². The Bertz CT molecular complexity index is 1270. The summed E-state index contributed by atoms with van der Waals surface area (Å²) in [6, 6.07) is 11.4. The van der Waals surface area contributed by atoms with Crippen LogP contribution in [0.2, 0.25) is 0 Å². The first kappa shape index (κ1) is 21.9. The van der Waals surface area contributed by atoms with Gasteiger partial charge in [0.25, 0.3) is 5.69 Å². The predicted molar refractivity (Wildman–Crippen MR) is 117 cm³/mol. The highest BCUT2D eigenvalue weighted by Crippen LogP contribution is 2.30. The van der Waals surface area contributed by atoms with Crippen molar-refractivity contribution in [3.8, 4) is 5.69 Å². The average molecular weight is 460 g/mol. The lowest BCUT2D eigenvalue weighted by Crippen LogP contribution is -2.48. The number of sulfonamides is 1. The summed E-state index contributed by atoms with van der Waals surface area (Å²) in [6.07, 6.45) is 0. The number of aromatic nitrogens is 2. The highest BCUT2D eigenvalue weighted by atomic mass is 32.2. The molecule has 0 spiro atoms. The normalized spacial score (nSPS) is 15.2. The van der Waals surface area contributed by atoms with Crippen molar-refractivity contribution in [2.75, 3.05) is 31.1 Å². The van der Waals surface area contributed by atoms with Gasteiger partial charge in [-0.05, 0) is 56.3 Å². The number of nitrogens with zero attached hydrogens (tertiary/aromatic N) is 5. The molecule has 1 saturated heterocycles. The van der Waals surface area contributed by atoms with E-state index in [0.29, 0.717) is 18.8 Å². The number of anilines is 1. The van der Waals surface area contributed by atoms with Crippen molar-refractivity contribution in [3.05, 3.63) is 75.9 Å². The SMILES string of the molecule is Cc1cc(C)n(-c2cc(N3CCN(S(=O)(=O)c4ccc(F)cc4)CC3)ccc2[N+](=O)[O-])n1. The van der Waals surface area contributed by atoms with Gasteiger partial charge in [-0.3, -0.25) is 10.1 Å². The van der Waals surface area contributed by atoms with Gasteiger partial charge in [-0.2, -0.15) is 9.40 Å². The molecule has 9 nitrogen and oxygen atoms in total. The molecule has 168 valence electrons. The number of hydrogen-bond acceptors (Lipinski definition) is 6. The van der Waals surface area contributed by atoms with Crippen LogP contribution in [0, 0.1) is 29.8 Å². The second-order valence-electron chi connectivity index (χ2n) is 7.61. The molecule has 32 heavy (non-hydrogen) atoms. The quantitative estimate of drug-likeness (QED) is 0.429. The molecule has 11 heteroatoms. The van der Waals surface area contributed by atoms with Gasteiger partial charge in [0.1, 0.15) is 11.5 Å². The van der Waals surface area contributed by atoms with Crippen molar-refractivity contribution < 1.29 is 17.7 Å². The Balaban J connectivity index is 1.57. The predicted octanol–water partition coefficient (Wildman–Crippen LogP) is 3.05. The Morgan fingerprint density at radius 3 is 2.22 bits per heavy atom. The van der Waals surface area contributed by atoms with E-state index in [1.165, 1.54) is 22.5 Å². The molecule has 0 N–H and O–H groups in total. The van der Waals surface area contributed by atoms with Gasteiger partial charge in [-0.1, -0.05) is 0 Å². The fraction of sp³-hybridized carbons (Fsp3) is 0.286. The molecule has 0 radical (unpaired) electrons. The van der Waals surface area contributed by atoms with E-state index >= 15 is 0 Å². The van der Waals surface area contributed by atoms with Crippen LogP contribution in [0.25, 0.3) is 5.69 Å². The van der Waals surface area contributed by atoms with Gasteiger partial charge in [-0.15, -0.1) is 0 Å². The summed E-state index contributed by atoms with van der Waals surface area (Å²) in [6.45, 7) is 4.96. The zero-order chi connectivity index (χ0) is 23.0. The molecule has 0 aliphatic carbocycles. The van der Waals surface area contributed by atoms with Crippen LogP contribution in [0.1, 0.15) is 11.4 Å². The molecule has 0 bridgehead atoms. The average Bonchev–Trinajstić information content (AvgIpc) is 3.11. The number of hydrogen-bond donors (Lipinski definition) is 0. The van der Waals surface area contributed by atoms with Crippen LogP contribution in [0.3, 0.4) is 0 Å². The van der Waals surface area contributed by atoms with Crippen molar-refractivity contribution in [2.24, 2.45) is 0 Å². The number of benzene rings is 2. The van der Waals surface area contributed by atoms with Crippen molar-refractivity contribution in [1.82, 2.24) is 14.1 Å². The smallest absolute Gasteiger partial charge is 0.295 e. The van der Waals surface area contributed by atoms with Gasteiger partial charge < -0.3 is 4.90 Å². The number of aryl methyl sites for hydroxylation is 2. The van der Waals surface area contributed by atoms with Crippen molar-refractivity contribution in [2.45, 2.75) is 18.7 Å². The number of rotatable bonds is 5. The van der Waals surface area contributed by atoms with Gasteiger partial charge in [0.2, 0.25) is 10.0 Å². The van der Waals surface area contributed by atoms with Crippen LogP contribution in [-0.4, -0.2) is 53.6 Å². The topological polar surface area (TPSA) is 102 Å². The molecule has 1 fully saturated rings. The number of nitro groups is 1. The summed E-state index contributed by atoms with van der Waals surface area (Å²) in [5, 5.41) is 15.9. The molecule has 1 aromatic heterocycles. The first-order valence-electron chi connectivity index (χ1n) is 9.99. The Kier molecular flexibility index (Phi) is 5.70. The van der Waals surface area contributed by atoms with Gasteiger partial charge in [0.15, 0.2) is 0 Å². The summed E-state index contributed by atoms with van der Waals surface area (Å²) >= 11 is 0. The third-order valence-corrected chi connectivity index (χ3v) is 7.36. The van der Waals surface area contributed by atoms with E-state index in [9.17, 15) is 22.9 Å². The lowest BCUT2D eigenvalue weighted by molar-refractivity contribution is -0.384. The highest BCUT2D eigenvalue weighted by Gasteiger charge is 2.29. The first-order valence-corrected chi connectivity index (χ1v) is 11.4. The molecule has 0 amide bonds. The molecule has 3 aromatic rings. The Hall–Kier alpha value is -3.31. The molecule has 1 aliphatic rings. The highest BCUT2D eigenvalue weighted by molar-refractivity contribution is 7.89. The van der Waals surface area contributed by atoms with E-state index < -0.39 is 20.8 Å². The van der Waals surface area contributed by atoms with E-state index in [4.69, 9.17) is 0 Å². The molecule has 0 atom stereocenters. The summed E-state index contributed by atoms with van der Waals surface area (Å²) in [4.78, 5) is 13.2. The van der Waals surface area contributed by atoms with Crippen LogP contribution in [0.4, 0.5) is 15.8 Å². The Morgan fingerprint density at radius 1 is 1.00 bits per heavy atom. The summed E-state index contributed by atoms with van der Waals surface area (Å²) in [7, 11) is -3.72. The fourth-order valence-corrected chi connectivity index (χ4v) is 5.27. The van der Waals surface area contributed by atoms with Crippen LogP contribution in [0.15, 0.2) is 53.4 Å². The fourth-order valence-electron chi connectivity index (χ4n) is 3.85. The third-order valence-electron chi connectivity index (χ3n) is 5.45. The molecule has 2 aromatic carbocycles. The van der Waals surface area contributed by atoms with Crippen LogP contribution in [-0.2, 0) is 10.0 Å². The second kappa shape index (κ2) is 8.32. The van der Waals surface area contributed by atoms with Crippen molar-refractivity contribution in [3.63, 3.8) is 0 Å². The number of nitro benzene ring substituents is 1. The van der Waals surface area contributed by atoms with E-state index in [1.807, 2.05) is 24.8 Å². The minimum atomic E-state index is -3.72. The molecular weight excluding hydrogens is 437 g/mol.